The second-order valence-electron chi connectivity index (χ2n) is 16.7. The molecule has 1 radical (unpaired) electrons. The Labute approximate surface area is 342 Å². The van der Waals surface area contributed by atoms with E-state index in [1.54, 1.807) is 0 Å². The Morgan fingerprint density at radius 2 is 1.51 bits per heavy atom. The van der Waals surface area contributed by atoms with Crippen molar-refractivity contribution in [3.05, 3.63) is 138 Å². The third kappa shape index (κ3) is 8.96. The summed E-state index contributed by atoms with van der Waals surface area (Å²) in [5.41, 5.74) is 12.4. The van der Waals surface area contributed by atoms with E-state index in [-0.39, 0.29) is 20.1 Å². The molecule has 283 valence electrons. The van der Waals surface area contributed by atoms with Crippen LogP contribution in [0.1, 0.15) is 80.4 Å². The fourth-order valence-electron chi connectivity index (χ4n) is 8.80. The Bertz CT molecular complexity index is 2350. The molecule has 0 unspecified atom stereocenters. The van der Waals surface area contributed by atoms with Crippen LogP contribution in [0.15, 0.2) is 114 Å². The number of rotatable bonds is 7. The predicted octanol–water partition coefficient (Wildman–Crippen LogP) is 13.3. The average molecular weight is 917 g/mol. The summed E-state index contributed by atoms with van der Waals surface area (Å²) in [6.07, 6.45) is 17.5. The number of benzene rings is 4. The maximum Gasteiger partial charge on any atom is 0.121 e. The Kier molecular flexibility index (Phi) is 12.3. The summed E-state index contributed by atoms with van der Waals surface area (Å²) >= 11 is 0. The van der Waals surface area contributed by atoms with Gasteiger partial charge in [-0.15, -0.1) is 53.6 Å². The van der Waals surface area contributed by atoms with E-state index in [1.807, 2.05) is 18.3 Å². The van der Waals surface area contributed by atoms with Gasteiger partial charge in [-0.3, -0.25) is 0 Å². The van der Waals surface area contributed by atoms with E-state index in [1.165, 1.54) is 85.2 Å². The maximum atomic E-state index is 6.40. The molecule has 2 fully saturated rings. The van der Waals surface area contributed by atoms with Crippen LogP contribution in [0.3, 0.4) is 0 Å². The minimum atomic E-state index is -1.31. The van der Waals surface area contributed by atoms with Gasteiger partial charge in [0.05, 0.1) is 13.7 Å². The van der Waals surface area contributed by atoms with Crippen molar-refractivity contribution in [2.45, 2.75) is 96.7 Å². The third-order valence-corrected chi connectivity index (χ3v) is 13.9. The first-order valence-electron chi connectivity index (χ1n) is 20.2. The van der Waals surface area contributed by atoms with Crippen molar-refractivity contribution in [3.63, 3.8) is 0 Å². The van der Waals surface area contributed by atoms with E-state index in [4.69, 9.17) is 9.40 Å². The summed E-state index contributed by atoms with van der Waals surface area (Å²) in [6, 6.07) is 41.2. The van der Waals surface area contributed by atoms with Crippen molar-refractivity contribution >= 4 is 35.2 Å². The molecule has 0 spiro atoms. The third-order valence-electron chi connectivity index (χ3n) is 11.7. The molecule has 3 aromatic heterocycles. The van der Waals surface area contributed by atoms with Crippen molar-refractivity contribution in [1.29, 1.82) is 0 Å². The largest absolute Gasteiger partial charge is 0.501 e. The van der Waals surface area contributed by atoms with Gasteiger partial charge in [0.1, 0.15) is 5.58 Å². The van der Waals surface area contributed by atoms with Gasteiger partial charge < -0.3 is 14.4 Å². The van der Waals surface area contributed by atoms with Gasteiger partial charge in [0.25, 0.3) is 0 Å². The summed E-state index contributed by atoms with van der Waals surface area (Å²) < 4.78 is 6.40. The fourth-order valence-corrected chi connectivity index (χ4v) is 10.5. The van der Waals surface area contributed by atoms with Crippen LogP contribution in [0.4, 0.5) is 0 Å². The quantitative estimate of drug-likeness (QED) is 0.118. The molecule has 7 aromatic rings. The molecule has 2 aliphatic rings. The minimum absolute atomic E-state index is 0. The van der Waals surface area contributed by atoms with Crippen molar-refractivity contribution in [1.82, 2.24) is 9.97 Å². The average Bonchev–Trinajstić information content (AvgIpc) is 3.86. The van der Waals surface area contributed by atoms with Crippen molar-refractivity contribution in [2.24, 2.45) is 5.92 Å². The van der Waals surface area contributed by atoms with Crippen LogP contribution in [0.5, 0.6) is 0 Å². The topological polar surface area (TPSA) is 38.9 Å². The van der Waals surface area contributed by atoms with Crippen molar-refractivity contribution in [3.8, 4) is 33.6 Å². The van der Waals surface area contributed by atoms with Gasteiger partial charge in [0.15, 0.2) is 0 Å². The number of aromatic nitrogens is 2. The summed E-state index contributed by atoms with van der Waals surface area (Å²) in [5.74, 6) is 1.57. The zero-order valence-corrected chi connectivity index (χ0v) is 36.1. The van der Waals surface area contributed by atoms with Gasteiger partial charge in [-0.2, -0.15) is 0 Å². The van der Waals surface area contributed by atoms with Crippen LogP contribution in [-0.2, 0) is 26.5 Å². The number of aryl methyl sites for hydroxylation is 1. The van der Waals surface area contributed by atoms with Gasteiger partial charge in [-0.25, -0.2) is 0 Å². The molecule has 5 heteroatoms. The zero-order chi connectivity index (χ0) is 37.1. The molecule has 0 N–H and O–H groups in total. The first-order valence-corrected chi connectivity index (χ1v) is 23.7. The standard InChI is InChI=1S/C29H24NO.C21H28NSi.Ir/c1-2-9-22(10-3-1)23-13-14-24-25-11-6-12-26(29(25)31-28(24)19-23)27-18-21(15-16-30-27)17-20-7-4-5-8-20;1-16-14-20(22-15-21(16)23(2,3)4)19-12-10-18(11-13-19)17-8-6-5-7-9-17;/h1-3,6,9-11,13-16,18-20H,4-5,7-8,17H2;10-12,14-15,17H,5-9H2,1-4H3;/q2*-1;. The minimum Gasteiger partial charge on any atom is -0.501 e. The van der Waals surface area contributed by atoms with Crippen LogP contribution in [-0.4, -0.2) is 18.0 Å². The number of nitrogens with zero attached hydrogens (tertiary/aromatic N) is 2. The Balaban J connectivity index is 0.000000174. The first kappa shape index (κ1) is 39.1. The van der Waals surface area contributed by atoms with Crippen LogP contribution >= 0.6 is 0 Å². The normalized spacial score (nSPS) is 15.1. The molecule has 2 saturated carbocycles. The summed E-state index contributed by atoms with van der Waals surface area (Å²) in [6.45, 7) is 9.35. The van der Waals surface area contributed by atoms with Crippen LogP contribution in [0.25, 0.3) is 55.6 Å². The van der Waals surface area contributed by atoms with Gasteiger partial charge >= 0.3 is 0 Å². The molecule has 3 heterocycles. The van der Waals surface area contributed by atoms with Gasteiger partial charge in [-0.1, -0.05) is 160 Å². The molecule has 0 saturated heterocycles. The molecule has 0 bridgehead atoms. The van der Waals surface area contributed by atoms with Crippen LogP contribution in [0.2, 0.25) is 19.6 Å². The number of fused-ring (bicyclic) bond motifs is 3. The Hall–Kier alpha value is -4.15. The zero-order valence-electron chi connectivity index (χ0n) is 32.8. The van der Waals surface area contributed by atoms with Crippen LogP contribution in [0, 0.1) is 25.0 Å². The molecule has 0 atom stereocenters. The summed E-state index contributed by atoms with van der Waals surface area (Å²) in [4.78, 5) is 9.40. The number of pyridine rings is 2. The smallest absolute Gasteiger partial charge is 0.121 e. The molecule has 0 aliphatic heterocycles. The van der Waals surface area contributed by atoms with E-state index < -0.39 is 8.07 Å². The SMILES string of the molecule is Cc1cc(-c2[c-]cc(C3CCCCC3)cc2)ncc1[Si](C)(C)C.[Ir].[c-]1ccc2c(oc3cc(-c4ccccc4)ccc32)c1-c1cc(CC2CCCC2)ccn1. The molecule has 3 nitrogen and oxygen atoms in total. The molecule has 4 aromatic carbocycles. The van der Waals surface area contributed by atoms with Gasteiger partial charge in [-0.05, 0) is 59.1 Å². The molecular formula is C50H52IrN2OSi-2. The second kappa shape index (κ2) is 17.3. The molecular weight excluding hydrogens is 865 g/mol. The molecule has 0 amide bonds. The molecule has 55 heavy (non-hydrogen) atoms. The van der Waals surface area contributed by atoms with E-state index in [0.717, 1.165) is 68.3 Å². The van der Waals surface area contributed by atoms with E-state index >= 15 is 0 Å². The Morgan fingerprint density at radius 1 is 0.727 bits per heavy atom. The van der Waals surface area contributed by atoms with Crippen LogP contribution < -0.4 is 5.19 Å². The van der Waals surface area contributed by atoms with Gasteiger partial charge in [0, 0.05) is 37.9 Å². The first-order chi connectivity index (χ1) is 26.3. The summed E-state index contributed by atoms with van der Waals surface area (Å²) in [7, 11) is -1.31. The van der Waals surface area contributed by atoms with Crippen molar-refractivity contribution < 1.29 is 24.5 Å². The van der Waals surface area contributed by atoms with E-state index in [2.05, 4.69) is 135 Å². The number of hydrogen-bond acceptors (Lipinski definition) is 3. The Morgan fingerprint density at radius 3 is 2.24 bits per heavy atom. The monoisotopic (exact) mass is 917 g/mol. The summed E-state index contributed by atoms with van der Waals surface area (Å²) in [5, 5.41) is 3.71. The number of furan rings is 1. The molecule has 9 rings (SSSR count). The molecule has 2 aliphatic carbocycles. The predicted molar refractivity (Wildman–Crippen MR) is 229 cm³/mol. The second-order valence-corrected chi connectivity index (χ2v) is 21.7. The van der Waals surface area contributed by atoms with E-state index in [0.29, 0.717) is 0 Å². The van der Waals surface area contributed by atoms with Crippen molar-refractivity contribution in [2.75, 3.05) is 0 Å². The fraction of sp³-hybridized carbons (Fsp3) is 0.320. The number of hydrogen-bond donors (Lipinski definition) is 0. The van der Waals surface area contributed by atoms with Gasteiger partial charge in [0.2, 0.25) is 0 Å². The van der Waals surface area contributed by atoms with E-state index in [9.17, 15) is 0 Å². The maximum absolute atomic E-state index is 6.40.